The molecule has 0 bridgehead atoms. The van der Waals surface area contributed by atoms with Gasteiger partial charge in [0.25, 0.3) is 0 Å². The summed E-state index contributed by atoms with van der Waals surface area (Å²) in [6.07, 6.45) is -1.83. The van der Waals surface area contributed by atoms with Gasteiger partial charge >= 0.3 is 6.16 Å². The molecule has 6 N–H and O–H groups in total. The van der Waals surface area contributed by atoms with E-state index in [0.29, 0.717) is 0 Å². The van der Waals surface area contributed by atoms with Crippen molar-refractivity contribution in [3.8, 4) is 0 Å². The van der Waals surface area contributed by atoms with Crippen LogP contribution in [0.15, 0.2) is 29.3 Å². The molecule has 1 aromatic rings. The molecule has 0 aliphatic carbocycles. The van der Waals surface area contributed by atoms with Crippen LogP contribution in [0.4, 0.5) is 10.5 Å². The Morgan fingerprint density at radius 1 is 1.27 bits per heavy atom. The van der Waals surface area contributed by atoms with Crippen molar-refractivity contribution in [3.63, 3.8) is 0 Å². The number of carboxylic acid groups (broad SMARTS) is 2. The number of aliphatic imine (C=N–C) groups is 1. The fourth-order valence-electron chi connectivity index (χ4n) is 0.828. The highest BCUT2D eigenvalue weighted by Crippen LogP contribution is 2.15. The smallest absolute Gasteiger partial charge is 0.450 e. The first-order chi connectivity index (χ1) is 6.93. The molecule has 0 saturated carbocycles. The van der Waals surface area contributed by atoms with Gasteiger partial charge in [0.15, 0.2) is 5.96 Å². The summed E-state index contributed by atoms with van der Waals surface area (Å²) in [7, 11) is 0. The molecule has 1 aromatic carbocycles. The SMILES string of the molecule is Cc1ccccc1N=C(N)N.O=C(O)O. The van der Waals surface area contributed by atoms with Crippen molar-refractivity contribution in [2.75, 3.05) is 0 Å². The van der Waals surface area contributed by atoms with Crippen LogP contribution in [0.1, 0.15) is 5.56 Å². The van der Waals surface area contributed by atoms with E-state index < -0.39 is 6.16 Å². The van der Waals surface area contributed by atoms with Crippen LogP contribution in [-0.4, -0.2) is 22.3 Å². The van der Waals surface area contributed by atoms with Gasteiger partial charge in [-0.05, 0) is 18.6 Å². The molecule has 15 heavy (non-hydrogen) atoms. The van der Waals surface area contributed by atoms with Crippen LogP contribution in [0, 0.1) is 6.92 Å². The summed E-state index contributed by atoms with van der Waals surface area (Å²) in [4.78, 5) is 12.5. The first-order valence-electron chi connectivity index (χ1n) is 4.00. The largest absolute Gasteiger partial charge is 0.503 e. The minimum atomic E-state index is -1.83. The van der Waals surface area contributed by atoms with E-state index in [2.05, 4.69) is 4.99 Å². The molecule has 0 aromatic heterocycles. The quantitative estimate of drug-likeness (QED) is 0.409. The molecule has 1 rings (SSSR count). The van der Waals surface area contributed by atoms with Gasteiger partial charge in [0.1, 0.15) is 0 Å². The maximum atomic E-state index is 8.56. The van der Waals surface area contributed by atoms with Gasteiger partial charge < -0.3 is 21.7 Å². The van der Waals surface area contributed by atoms with E-state index in [1.807, 2.05) is 31.2 Å². The molecule has 0 aliphatic rings. The standard InChI is InChI=1S/C8H11N3.CH2O3/c1-6-4-2-3-5-7(6)11-8(9)10;2-1(3)4/h2-5H,1H3,(H4,9,10,11);(H2,2,3,4). The van der Waals surface area contributed by atoms with E-state index in [9.17, 15) is 0 Å². The number of hydrogen-bond acceptors (Lipinski definition) is 2. The third kappa shape index (κ3) is 6.88. The predicted octanol–water partition coefficient (Wildman–Crippen LogP) is 1.12. The fraction of sp³-hybridized carbons (Fsp3) is 0.111. The van der Waals surface area contributed by atoms with Crippen molar-refractivity contribution in [2.24, 2.45) is 16.5 Å². The van der Waals surface area contributed by atoms with Crippen molar-refractivity contribution in [2.45, 2.75) is 6.92 Å². The minimum absolute atomic E-state index is 0.0966. The summed E-state index contributed by atoms with van der Waals surface area (Å²) >= 11 is 0. The number of aryl methyl sites for hydroxylation is 1. The summed E-state index contributed by atoms with van der Waals surface area (Å²) in [5, 5.41) is 13.9. The lowest BCUT2D eigenvalue weighted by Gasteiger charge is -1.97. The Bertz CT molecular complexity index is 355. The van der Waals surface area contributed by atoms with E-state index in [1.54, 1.807) is 0 Å². The number of para-hydroxylation sites is 1. The van der Waals surface area contributed by atoms with Gasteiger partial charge in [-0.1, -0.05) is 18.2 Å². The second kappa shape index (κ2) is 6.25. The molecule has 0 heterocycles. The fourth-order valence-corrected chi connectivity index (χ4v) is 0.828. The zero-order valence-electron chi connectivity index (χ0n) is 8.21. The molecule has 0 unspecified atom stereocenters. The number of rotatable bonds is 1. The van der Waals surface area contributed by atoms with Crippen LogP contribution in [0.5, 0.6) is 0 Å². The van der Waals surface area contributed by atoms with Crippen molar-refractivity contribution in [1.29, 1.82) is 0 Å². The number of guanidine groups is 1. The minimum Gasteiger partial charge on any atom is -0.450 e. The third-order valence-corrected chi connectivity index (χ3v) is 1.37. The third-order valence-electron chi connectivity index (χ3n) is 1.37. The molecule has 6 heteroatoms. The molecular formula is C9H13N3O3. The Labute approximate surface area is 86.9 Å². The van der Waals surface area contributed by atoms with Crippen molar-refractivity contribution < 1.29 is 15.0 Å². The number of nitrogens with two attached hydrogens (primary N) is 2. The van der Waals surface area contributed by atoms with Gasteiger partial charge in [-0.25, -0.2) is 9.79 Å². The Hall–Kier alpha value is -2.24. The Balaban J connectivity index is 0.000000423. The van der Waals surface area contributed by atoms with Gasteiger partial charge in [-0.15, -0.1) is 0 Å². The van der Waals surface area contributed by atoms with E-state index >= 15 is 0 Å². The van der Waals surface area contributed by atoms with Crippen LogP contribution in [0.2, 0.25) is 0 Å². The number of benzene rings is 1. The molecule has 0 spiro atoms. The van der Waals surface area contributed by atoms with Gasteiger partial charge in [0.2, 0.25) is 0 Å². The van der Waals surface area contributed by atoms with Crippen LogP contribution < -0.4 is 11.5 Å². The lowest BCUT2D eigenvalue weighted by molar-refractivity contribution is 0.137. The van der Waals surface area contributed by atoms with Crippen molar-refractivity contribution in [1.82, 2.24) is 0 Å². The number of hydrogen-bond donors (Lipinski definition) is 4. The lowest BCUT2D eigenvalue weighted by atomic mass is 10.2. The van der Waals surface area contributed by atoms with Crippen LogP contribution in [0.25, 0.3) is 0 Å². The number of carbonyl (C=O) groups is 1. The van der Waals surface area contributed by atoms with Crippen LogP contribution in [0.3, 0.4) is 0 Å². The molecule has 0 atom stereocenters. The van der Waals surface area contributed by atoms with E-state index in [4.69, 9.17) is 26.5 Å². The van der Waals surface area contributed by atoms with Crippen molar-refractivity contribution >= 4 is 17.8 Å². The van der Waals surface area contributed by atoms with Gasteiger partial charge in [-0.2, -0.15) is 0 Å². The van der Waals surface area contributed by atoms with Gasteiger partial charge in [0, 0.05) is 0 Å². The average Bonchev–Trinajstić information content (AvgIpc) is 2.07. The summed E-state index contributed by atoms with van der Waals surface area (Å²) in [5.41, 5.74) is 12.3. The highest BCUT2D eigenvalue weighted by molar-refractivity contribution is 5.79. The predicted molar refractivity (Wildman–Crippen MR) is 57.3 cm³/mol. The maximum absolute atomic E-state index is 8.56. The molecule has 82 valence electrons. The highest BCUT2D eigenvalue weighted by atomic mass is 16.6. The molecular weight excluding hydrogens is 198 g/mol. The highest BCUT2D eigenvalue weighted by Gasteiger charge is 1.92. The second-order valence-electron chi connectivity index (χ2n) is 2.61. The lowest BCUT2D eigenvalue weighted by Crippen LogP contribution is -2.21. The second-order valence-corrected chi connectivity index (χ2v) is 2.61. The van der Waals surface area contributed by atoms with Gasteiger partial charge in [-0.3, -0.25) is 0 Å². The first-order valence-corrected chi connectivity index (χ1v) is 4.00. The van der Waals surface area contributed by atoms with Gasteiger partial charge in [0.05, 0.1) is 5.69 Å². The van der Waals surface area contributed by atoms with Crippen LogP contribution in [-0.2, 0) is 0 Å². The zero-order chi connectivity index (χ0) is 11.8. The zero-order valence-corrected chi connectivity index (χ0v) is 8.21. The summed E-state index contributed by atoms with van der Waals surface area (Å²) in [6, 6.07) is 7.67. The Morgan fingerprint density at radius 2 is 1.73 bits per heavy atom. The Kier molecular flexibility index (Phi) is 5.32. The van der Waals surface area contributed by atoms with E-state index in [0.717, 1.165) is 11.3 Å². The first kappa shape index (κ1) is 12.8. The Morgan fingerprint density at radius 3 is 2.13 bits per heavy atom. The van der Waals surface area contributed by atoms with Crippen LogP contribution >= 0.6 is 0 Å². The maximum Gasteiger partial charge on any atom is 0.503 e. The van der Waals surface area contributed by atoms with Crippen molar-refractivity contribution in [3.05, 3.63) is 29.8 Å². The summed E-state index contributed by atoms with van der Waals surface area (Å²) < 4.78 is 0. The molecule has 0 amide bonds. The molecule has 0 fully saturated rings. The topological polar surface area (TPSA) is 122 Å². The normalized spacial score (nSPS) is 8.33. The molecule has 0 radical (unpaired) electrons. The van der Waals surface area contributed by atoms with E-state index in [1.165, 1.54) is 0 Å². The molecule has 0 saturated heterocycles. The van der Waals surface area contributed by atoms with E-state index in [-0.39, 0.29) is 5.96 Å². The molecule has 0 aliphatic heterocycles. The average molecular weight is 211 g/mol. The summed E-state index contributed by atoms with van der Waals surface area (Å²) in [5.74, 6) is 0.0966. The number of nitrogens with zero attached hydrogens (tertiary/aromatic N) is 1. The monoisotopic (exact) mass is 211 g/mol. The molecule has 6 nitrogen and oxygen atoms in total. The summed E-state index contributed by atoms with van der Waals surface area (Å²) in [6.45, 7) is 1.96.